The Morgan fingerprint density at radius 1 is 1.18 bits per heavy atom. The van der Waals surface area contributed by atoms with E-state index in [9.17, 15) is 19.5 Å². The van der Waals surface area contributed by atoms with Gasteiger partial charge in [0.25, 0.3) is 0 Å². The van der Waals surface area contributed by atoms with Crippen LogP contribution in [0.4, 0.5) is 0 Å². The lowest BCUT2D eigenvalue weighted by atomic mass is 9.65. The Morgan fingerprint density at radius 3 is 2.64 bits per heavy atom. The van der Waals surface area contributed by atoms with Gasteiger partial charge in [0.2, 0.25) is 11.8 Å². The lowest BCUT2D eigenvalue weighted by Crippen LogP contribution is -2.59. The van der Waals surface area contributed by atoms with Crippen LogP contribution in [-0.2, 0) is 36.9 Å². The van der Waals surface area contributed by atoms with Gasteiger partial charge in [-0.1, -0.05) is 60.7 Å². The van der Waals surface area contributed by atoms with Gasteiger partial charge in [-0.25, -0.2) is 4.68 Å². The SMILES string of the molecule is C=CCN(Cn1nnc2ccccc21)C(=O)C1N([C@@H](CO)Cc2ccccc2)C(=O)[C@@H]2[C@@H](C(=O)OCC)[C@@]3(CC)CCC12O3. The van der Waals surface area contributed by atoms with E-state index >= 15 is 0 Å². The second kappa shape index (κ2) is 11.8. The van der Waals surface area contributed by atoms with E-state index in [4.69, 9.17) is 9.47 Å². The second-order valence-electron chi connectivity index (χ2n) is 11.9. The standard InChI is InChI=1S/C33H39N5O6/c1-4-18-36(21-37-25-15-11-10-14-24(25)34-35-37)30(41)28-33-17-16-32(5-2,44-33)27(31(42)43-6-3)26(33)29(40)38(28)23(20-39)19-22-12-8-7-9-13-22/h4,7-15,23,26-28,39H,1,5-6,16-21H2,2-3H3/t23-,26+,27+,28?,32-,33?/m1/s1. The number of para-hydroxylation sites is 1. The summed E-state index contributed by atoms with van der Waals surface area (Å²) < 4.78 is 14.0. The average molecular weight is 602 g/mol. The molecule has 2 bridgehead atoms. The normalized spacial score (nSPS) is 27.8. The van der Waals surface area contributed by atoms with E-state index in [-0.39, 0.29) is 38.2 Å². The summed E-state index contributed by atoms with van der Waals surface area (Å²) in [6, 6.07) is 15.2. The van der Waals surface area contributed by atoms with E-state index in [1.807, 2.05) is 61.5 Å². The van der Waals surface area contributed by atoms with Crippen LogP contribution in [0.3, 0.4) is 0 Å². The molecule has 2 unspecified atom stereocenters. The molecule has 1 N–H and O–H groups in total. The summed E-state index contributed by atoms with van der Waals surface area (Å²) >= 11 is 0. The van der Waals surface area contributed by atoms with Crippen LogP contribution in [0.15, 0.2) is 67.3 Å². The first-order valence-electron chi connectivity index (χ1n) is 15.4. The zero-order valence-electron chi connectivity index (χ0n) is 25.2. The number of likely N-dealkylation sites (tertiary alicyclic amines) is 1. The number of fused-ring (bicyclic) bond motifs is 2. The van der Waals surface area contributed by atoms with Gasteiger partial charge in [-0.2, -0.15) is 0 Å². The van der Waals surface area contributed by atoms with Crippen molar-refractivity contribution in [3.63, 3.8) is 0 Å². The summed E-state index contributed by atoms with van der Waals surface area (Å²) in [5.74, 6) is -2.97. The van der Waals surface area contributed by atoms with Crippen molar-refractivity contribution in [3.05, 3.63) is 72.8 Å². The first-order chi connectivity index (χ1) is 21.3. The number of aliphatic hydroxyl groups excluding tert-OH is 1. The van der Waals surface area contributed by atoms with Gasteiger partial charge in [0, 0.05) is 6.54 Å². The van der Waals surface area contributed by atoms with Crippen molar-refractivity contribution in [1.29, 1.82) is 0 Å². The molecule has 11 nitrogen and oxygen atoms in total. The summed E-state index contributed by atoms with van der Waals surface area (Å²) in [5, 5.41) is 19.3. The Hall–Kier alpha value is -4.09. The maximum Gasteiger partial charge on any atom is 0.312 e. The number of hydrogen-bond donors (Lipinski definition) is 1. The molecule has 44 heavy (non-hydrogen) atoms. The molecule has 1 aromatic heterocycles. The minimum atomic E-state index is -1.25. The third-order valence-corrected chi connectivity index (χ3v) is 9.70. The van der Waals surface area contributed by atoms with Gasteiger partial charge in [-0.05, 0) is 50.3 Å². The third kappa shape index (κ3) is 4.60. The maximum atomic E-state index is 14.9. The summed E-state index contributed by atoms with van der Waals surface area (Å²) in [4.78, 5) is 46.1. The third-order valence-electron chi connectivity index (χ3n) is 9.70. The molecule has 3 fully saturated rings. The molecule has 232 valence electrons. The fraction of sp³-hybridized carbons (Fsp3) is 0.485. The number of carbonyl (C=O) groups excluding carboxylic acids is 3. The van der Waals surface area contributed by atoms with Crippen LogP contribution in [0.25, 0.3) is 11.0 Å². The smallest absolute Gasteiger partial charge is 0.312 e. The number of rotatable bonds is 12. The lowest BCUT2D eigenvalue weighted by molar-refractivity contribution is -0.163. The quantitative estimate of drug-likeness (QED) is 0.248. The van der Waals surface area contributed by atoms with E-state index in [0.29, 0.717) is 31.2 Å². The molecule has 11 heteroatoms. The van der Waals surface area contributed by atoms with Gasteiger partial charge in [-0.3, -0.25) is 14.4 Å². The highest BCUT2D eigenvalue weighted by Gasteiger charge is 2.79. The van der Waals surface area contributed by atoms with Crippen LogP contribution in [0.5, 0.6) is 0 Å². The molecule has 2 aromatic carbocycles. The zero-order chi connectivity index (χ0) is 31.1. The fourth-order valence-corrected chi connectivity index (χ4v) is 7.79. The zero-order valence-corrected chi connectivity index (χ0v) is 25.2. The van der Waals surface area contributed by atoms with Crippen LogP contribution in [-0.4, -0.2) is 90.7 Å². The number of aromatic nitrogens is 3. The van der Waals surface area contributed by atoms with Gasteiger partial charge in [0.05, 0.1) is 36.3 Å². The van der Waals surface area contributed by atoms with Crippen molar-refractivity contribution < 1.29 is 29.0 Å². The van der Waals surface area contributed by atoms with Crippen molar-refractivity contribution >= 4 is 28.8 Å². The molecule has 3 aliphatic heterocycles. The van der Waals surface area contributed by atoms with Gasteiger partial charge < -0.3 is 24.4 Å². The summed E-state index contributed by atoms with van der Waals surface area (Å²) in [6.07, 6.45) is 3.40. The molecule has 0 saturated carbocycles. The van der Waals surface area contributed by atoms with E-state index < -0.39 is 41.1 Å². The van der Waals surface area contributed by atoms with E-state index in [1.165, 1.54) is 4.90 Å². The molecule has 4 heterocycles. The Morgan fingerprint density at radius 2 is 1.93 bits per heavy atom. The number of aliphatic hydroxyl groups is 1. The molecule has 6 rings (SSSR count). The van der Waals surface area contributed by atoms with Gasteiger partial charge in [0.15, 0.2) is 0 Å². The highest BCUT2D eigenvalue weighted by molar-refractivity contribution is 5.98. The number of hydrogen-bond acceptors (Lipinski definition) is 8. The number of benzene rings is 2. The first-order valence-corrected chi connectivity index (χ1v) is 15.4. The van der Waals surface area contributed by atoms with Crippen molar-refractivity contribution in [2.24, 2.45) is 11.8 Å². The Balaban J connectivity index is 1.44. The first kappa shape index (κ1) is 30.0. The van der Waals surface area contributed by atoms with E-state index in [1.54, 1.807) is 22.6 Å². The molecule has 2 amide bonds. The van der Waals surface area contributed by atoms with Crippen LogP contribution >= 0.6 is 0 Å². The predicted molar refractivity (Wildman–Crippen MR) is 161 cm³/mol. The summed E-state index contributed by atoms with van der Waals surface area (Å²) in [7, 11) is 0. The van der Waals surface area contributed by atoms with Crippen molar-refractivity contribution in [2.45, 2.75) is 69.5 Å². The minimum absolute atomic E-state index is 0.0628. The summed E-state index contributed by atoms with van der Waals surface area (Å²) in [5.41, 5.74) is 0.200. The molecule has 3 saturated heterocycles. The minimum Gasteiger partial charge on any atom is -0.466 e. The van der Waals surface area contributed by atoms with Crippen LogP contribution in [0, 0.1) is 11.8 Å². The van der Waals surface area contributed by atoms with E-state index in [0.717, 1.165) is 11.1 Å². The molecule has 3 aliphatic rings. The van der Waals surface area contributed by atoms with Crippen molar-refractivity contribution in [1.82, 2.24) is 24.8 Å². The highest BCUT2D eigenvalue weighted by atomic mass is 16.6. The molecular formula is C33H39N5O6. The fourth-order valence-electron chi connectivity index (χ4n) is 7.79. The maximum absolute atomic E-state index is 14.9. The van der Waals surface area contributed by atoms with Gasteiger partial charge in [-0.15, -0.1) is 11.7 Å². The molecule has 0 radical (unpaired) electrons. The predicted octanol–water partition coefficient (Wildman–Crippen LogP) is 2.72. The average Bonchev–Trinajstić information content (AvgIpc) is 3.77. The lowest BCUT2D eigenvalue weighted by Gasteiger charge is -2.39. The molecule has 1 spiro atoms. The number of esters is 1. The van der Waals surface area contributed by atoms with E-state index in [2.05, 4.69) is 16.9 Å². The topological polar surface area (TPSA) is 127 Å². The largest absolute Gasteiger partial charge is 0.466 e. The molecular weight excluding hydrogens is 562 g/mol. The van der Waals surface area contributed by atoms with Crippen molar-refractivity contribution in [3.8, 4) is 0 Å². The van der Waals surface area contributed by atoms with Crippen LogP contribution < -0.4 is 0 Å². The Bertz CT molecular complexity index is 1560. The molecule has 3 aromatic rings. The van der Waals surface area contributed by atoms with Gasteiger partial charge >= 0.3 is 5.97 Å². The Labute approximate surface area is 256 Å². The van der Waals surface area contributed by atoms with Gasteiger partial charge in [0.1, 0.15) is 29.7 Å². The second-order valence-corrected chi connectivity index (χ2v) is 11.9. The molecule has 6 atom stereocenters. The number of amides is 2. The summed E-state index contributed by atoms with van der Waals surface area (Å²) in [6.45, 7) is 7.59. The highest BCUT2D eigenvalue weighted by Crippen LogP contribution is 2.65. The van der Waals surface area contributed by atoms with Crippen LogP contribution in [0.2, 0.25) is 0 Å². The number of nitrogens with zero attached hydrogens (tertiary/aromatic N) is 5. The number of carbonyl (C=O) groups is 3. The number of ether oxygens (including phenoxy) is 2. The molecule has 0 aliphatic carbocycles. The van der Waals surface area contributed by atoms with Crippen LogP contribution in [0.1, 0.15) is 38.7 Å². The van der Waals surface area contributed by atoms with Crippen molar-refractivity contribution in [2.75, 3.05) is 19.8 Å². The Kier molecular flexibility index (Phi) is 8.02. The monoisotopic (exact) mass is 601 g/mol.